The van der Waals surface area contributed by atoms with Gasteiger partial charge in [-0.15, -0.1) is 11.3 Å². The number of aromatic nitrogens is 2. The number of hydrogen-bond donors (Lipinski definition) is 0. The fourth-order valence-corrected chi connectivity index (χ4v) is 6.45. The topological polar surface area (TPSA) is 50.6 Å². The molecule has 2 aliphatic heterocycles. The maximum Gasteiger partial charge on any atom is 0.289 e. The molecule has 1 fully saturated rings. The second kappa shape index (κ2) is 11.1. The molecule has 1 amide bonds. The molecule has 0 bridgehead atoms. The van der Waals surface area contributed by atoms with Gasteiger partial charge in [0, 0.05) is 73.2 Å². The number of morpholine rings is 1. The van der Waals surface area contributed by atoms with Crippen molar-refractivity contribution in [2.75, 3.05) is 39.4 Å². The van der Waals surface area contributed by atoms with Crippen molar-refractivity contribution in [2.45, 2.75) is 45.7 Å². The first-order valence-corrected chi connectivity index (χ1v) is 14.0. The molecular formula is C29H34F2N4O2S. The molecule has 0 saturated carbocycles. The van der Waals surface area contributed by atoms with E-state index in [1.54, 1.807) is 28.3 Å². The molecule has 4 heterocycles. The molecule has 1 saturated heterocycles. The highest BCUT2D eigenvalue weighted by Gasteiger charge is 2.35. The van der Waals surface area contributed by atoms with Crippen LogP contribution in [-0.2, 0) is 28.5 Å². The van der Waals surface area contributed by atoms with E-state index in [0.29, 0.717) is 31.7 Å². The van der Waals surface area contributed by atoms with Gasteiger partial charge in [0.25, 0.3) is 5.92 Å². The summed E-state index contributed by atoms with van der Waals surface area (Å²) in [4.78, 5) is 19.8. The van der Waals surface area contributed by atoms with Crippen LogP contribution in [0.1, 0.15) is 46.3 Å². The molecule has 0 aliphatic carbocycles. The van der Waals surface area contributed by atoms with E-state index >= 15 is 0 Å². The van der Waals surface area contributed by atoms with E-state index in [1.807, 2.05) is 42.2 Å². The number of ether oxygens (including phenoxy) is 1. The summed E-state index contributed by atoms with van der Waals surface area (Å²) in [6.45, 7) is 10.3. The summed E-state index contributed by atoms with van der Waals surface area (Å²) in [5.41, 5.74) is 3.07. The van der Waals surface area contributed by atoms with Gasteiger partial charge in [-0.3, -0.25) is 14.4 Å². The van der Waals surface area contributed by atoms with Gasteiger partial charge in [-0.2, -0.15) is 13.9 Å². The lowest BCUT2D eigenvalue weighted by Crippen LogP contribution is -2.38. The Bertz CT molecular complexity index is 1320. The molecule has 6 nitrogen and oxygen atoms in total. The molecular weight excluding hydrogens is 506 g/mol. The summed E-state index contributed by atoms with van der Waals surface area (Å²) in [7, 11) is 0. The number of halogens is 2. The molecule has 0 unspecified atom stereocenters. The molecule has 5 rings (SSSR count). The minimum atomic E-state index is -3.08. The van der Waals surface area contributed by atoms with Crippen molar-refractivity contribution in [3.63, 3.8) is 0 Å². The fourth-order valence-electron chi connectivity index (χ4n) is 5.33. The first-order chi connectivity index (χ1) is 18.2. The van der Waals surface area contributed by atoms with Crippen molar-refractivity contribution in [3.8, 4) is 11.1 Å². The van der Waals surface area contributed by atoms with Crippen LogP contribution in [0.5, 0.6) is 0 Å². The average Bonchev–Trinajstić information content (AvgIpc) is 3.52. The third-order valence-electron chi connectivity index (χ3n) is 7.25. The minimum Gasteiger partial charge on any atom is -0.379 e. The Balaban J connectivity index is 1.48. The SMILES string of the molecule is CCn1cc(-c2ccccc2[C@@H]2CN(C(=O)/C=C/CN3CCOCC3)Cc3sc(C)cc32)c(C(C)(F)F)n1. The van der Waals surface area contributed by atoms with Crippen molar-refractivity contribution in [1.82, 2.24) is 19.6 Å². The Hall–Kier alpha value is -2.88. The number of thiophene rings is 1. The van der Waals surface area contributed by atoms with Gasteiger partial charge in [0.2, 0.25) is 5.91 Å². The maximum absolute atomic E-state index is 14.6. The smallest absolute Gasteiger partial charge is 0.289 e. The number of fused-ring (bicyclic) bond motifs is 1. The molecule has 1 aromatic carbocycles. The average molecular weight is 541 g/mol. The Morgan fingerprint density at radius 2 is 1.97 bits per heavy atom. The van der Waals surface area contributed by atoms with Crippen LogP contribution in [0.3, 0.4) is 0 Å². The first kappa shape index (κ1) is 26.7. The quantitative estimate of drug-likeness (QED) is 0.376. The summed E-state index contributed by atoms with van der Waals surface area (Å²) in [6, 6.07) is 9.89. The summed E-state index contributed by atoms with van der Waals surface area (Å²) in [5.74, 6) is -3.23. The largest absolute Gasteiger partial charge is 0.379 e. The lowest BCUT2D eigenvalue weighted by atomic mass is 9.83. The third kappa shape index (κ3) is 5.60. The van der Waals surface area contributed by atoms with Crippen molar-refractivity contribution < 1.29 is 18.3 Å². The number of carbonyl (C=O) groups excluding carboxylic acids is 1. The van der Waals surface area contributed by atoms with Crippen LogP contribution < -0.4 is 0 Å². The van der Waals surface area contributed by atoms with Gasteiger partial charge in [0.05, 0.1) is 19.8 Å². The molecule has 2 aliphatic rings. The van der Waals surface area contributed by atoms with Gasteiger partial charge < -0.3 is 9.64 Å². The van der Waals surface area contributed by atoms with E-state index in [-0.39, 0.29) is 17.5 Å². The van der Waals surface area contributed by atoms with Crippen LogP contribution in [0.2, 0.25) is 0 Å². The number of benzene rings is 1. The normalized spacial score (nSPS) is 18.8. The predicted molar refractivity (Wildman–Crippen MR) is 146 cm³/mol. The van der Waals surface area contributed by atoms with Crippen molar-refractivity contribution in [1.29, 1.82) is 0 Å². The Morgan fingerprint density at radius 3 is 2.71 bits per heavy atom. The highest BCUT2D eigenvalue weighted by Crippen LogP contribution is 2.43. The Labute approximate surface area is 226 Å². The van der Waals surface area contributed by atoms with Gasteiger partial charge in [-0.05, 0) is 36.6 Å². The monoisotopic (exact) mass is 540 g/mol. The van der Waals surface area contributed by atoms with Crippen LogP contribution in [0.4, 0.5) is 8.78 Å². The number of aryl methyl sites for hydroxylation is 2. The van der Waals surface area contributed by atoms with Crippen molar-refractivity contribution in [3.05, 3.63) is 75.3 Å². The fraction of sp³-hybridized carbons (Fsp3) is 0.448. The molecule has 2 aromatic heterocycles. The number of hydrogen-bond acceptors (Lipinski definition) is 5. The molecule has 3 aromatic rings. The number of amides is 1. The van der Waals surface area contributed by atoms with Crippen LogP contribution in [0.15, 0.2) is 48.7 Å². The summed E-state index contributed by atoms with van der Waals surface area (Å²) in [6.07, 6.45) is 5.32. The van der Waals surface area contributed by atoms with Crippen molar-refractivity contribution in [2.24, 2.45) is 0 Å². The van der Waals surface area contributed by atoms with Crippen LogP contribution in [0, 0.1) is 6.92 Å². The first-order valence-electron chi connectivity index (χ1n) is 13.1. The third-order valence-corrected chi connectivity index (χ3v) is 8.30. The number of nitrogens with zero attached hydrogens (tertiary/aromatic N) is 4. The van der Waals surface area contributed by atoms with Crippen LogP contribution in [-0.4, -0.2) is 64.9 Å². The standard InChI is InChI=1S/C29H34F2N4O2S/c1-4-35-18-25(28(32-35)29(3,30)31)22-9-6-5-8-21(22)24-17-34(19-26-23(24)16-20(2)38-26)27(36)10-7-11-33-12-14-37-15-13-33/h5-10,16,18,24H,4,11-15,17,19H2,1-3H3/b10-7+/t24-/m0/s1. The van der Waals surface area contributed by atoms with E-state index in [1.165, 1.54) is 10.4 Å². The molecule has 202 valence electrons. The van der Waals surface area contributed by atoms with Crippen LogP contribution >= 0.6 is 11.3 Å². The second-order valence-electron chi connectivity index (χ2n) is 10.0. The van der Waals surface area contributed by atoms with E-state index in [0.717, 1.165) is 49.2 Å². The molecule has 1 atom stereocenters. The lowest BCUT2D eigenvalue weighted by molar-refractivity contribution is -0.127. The number of rotatable bonds is 7. The zero-order valence-corrected chi connectivity index (χ0v) is 22.9. The van der Waals surface area contributed by atoms with Gasteiger partial charge in [-0.1, -0.05) is 30.3 Å². The molecule has 0 spiro atoms. The maximum atomic E-state index is 14.6. The summed E-state index contributed by atoms with van der Waals surface area (Å²) in [5, 5.41) is 4.21. The number of alkyl halides is 2. The Morgan fingerprint density at radius 1 is 1.21 bits per heavy atom. The summed E-state index contributed by atoms with van der Waals surface area (Å²) >= 11 is 1.70. The summed E-state index contributed by atoms with van der Waals surface area (Å²) < 4.78 is 36.2. The second-order valence-corrected chi connectivity index (χ2v) is 11.4. The van der Waals surface area contributed by atoms with Crippen LogP contribution in [0.25, 0.3) is 11.1 Å². The molecule has 38 heavy (non-hydrogen) atoms. The zero-order valence-electron chi connectivity index (χ0n) is 22.1. The number of carbonyl (C=O) groups is 1. The molecule has 0 N–H and O–H groups in total. The zero-order chi connectivity index (χ0) is 26.9. The Kier molecular flexibility index (Phi) is 7.79. The predicted octanol–water partition coefficient (Wildman–Crippen LogP) is 5.41. The van der Waals surface area contributed by atoms with E-state index in [4.69, 9.17) is 4.74 Å². The van der Waals surface area contributed by atoms with Gasteiger partial charge in [-0.25, -0.2) is 0 Å². The van der Waals surface area contributed by atoms with E-state index in [2.05, 4.69) is 23.0 Å². The highest BCUT2D eigenvalue weighted by atomic mass is 32.1. The molecule has 0 radical (unpaired) electrons. The van der Waals surface area contributed by atoms with Crippen molar-refractivity contribution >= 4 is 17.2 Å². The highest BCUT2D eigenvalue weighted by molar-refractivity contribution is 7.12. The lowest BCUT2D eigenvalue weighted by Gasteiger charge is -2.33. The molecule has 9 heteroatoms. The van der Waals surface area contributed by atoms with E-state index in [9.17, 15) is 13.6 Å². The minimum absolute atomic E-state index is 0.0305. The van der Waals surface area contributed by atoms with E-state index < -0.39 is 5.92 Å². The van der Waals surface area contributed by atoms with Gasteiger partial charge >= 0.3 is 0 Å². The van der Waals surface area contributed by atoms with Gasteiger partial charge in [0.15, 0.2) is 0 Å². The van der Waals surface area contributed by atoms with Gasteiger partial charge in [0.1, 0.15) is 5.69 Å².